The van der Waals surface area contributed by atoms with Gasteiger partial charge in [0.25, 0.3) is 0 Å². The quantitative estimate of drug-likeness (QED) is 0.641. The first-order valence-corrected chi connectivity index (χ1v) is 8.68. The van der Waals surface area contributed by atoms with Gasteiger partial charge in [0.15, 0.2) is 11.8 Å². The molecule has 1 N–H and O–H groups in total. The molecule has 1 aromatic heterocycles. The zero-order chi connectivity index (χ0) is 20.2. The molecule has 1 heterocycles. The highest BCUT2D eigenvalue weighted by Crippen LogP contribution is 2.22. The van der Waals surface area contributed by atoms with Crippen LogP contribution in [0.3, 0.4) is 0 Å². The molecule has 6 heteroatoms. The van der Waals surface area contributed by atoms with Gasteiger partial charge in [0.1, 0.15) is 5.82 Å². The van der Waals surface area contributed by atoms with Gasteiger partial charge in [0, 0.05) is 12.5 Å². The van der Waals surface area contributed by atoms with E-state index < -0.39 is 12.1 Å². The Morgan fingerprint density at radius 3 is 2.22 bits per heavy atom. The van der Waals surface area contributed by atoms with Gasteiger partial charge < -0.3 is 10.1 Å². The molecule has 2 aromatic rings. The molecule has 0 saturated heterocycles. The van der Waals surface area contributed by atoms with Crippen molar-refractivity contribution in [3.63, 3.8) is 0 Å². The third-order valence-electron chi connectivity index (χ3n) is 3.95. The van der Waals surface area contributed by atoms with E-state index >= 15 is 0 Å². The SMILES string of the molecule is CC(=O)Nc1cccc(C(=O)O[C@H](C)C(=O)c2ccc(C(C)(C)C)cc2)n1. The molecule has 142 valence electrons. The lowest BCUT2D eigenvalue weighted by Gasteiger charge is -2.19. The first-order chi connectivity index (χ1) is 12.6. The molecule has 6 nitrogen and oxygen atoms in total. The van der Waals surface area contributed by atoms with Crippen LogP contribution >= 0.6 is 0 Å². The minimum Gasteiger partial charge on any atom is -0.450 e. The second kappa shape index (κ2) is 8.12. The fraction of sp³-hybridized carbons (Fsp3) is 0.333. The van der Waals surface area contributed by atoms with Crippen molar-refractivity contribution in [2.24, 2.45) is 0 Å². The Labute approximate surface area is 159 Å². The molecule has 0 aliphatic carbocycles. The number of benzene rings is 1. The standard InChI is InChI=1S/C21H24N2O4/c1-13(19(25)15-9-11-16(12-10-15)21(3,4)5)27-20(26)17-7-6-8-18(23-17)22-14(2)24/h6-13H,1-5H3,(H,22,23,24)/t13-/m1/s1. The number of aromatic nitrogens is 1. The number of anilines is 1. The molecular formula is C21H24N2O4. The monoisotopic (exact) mass is 368 g/mol. The highest BCUT2D eigenvalue weighted by atomic mass is 16.5. The zero-order valence-electron chi connectivity index (χ0n) is 16.2. The van der Waals surface area contributed by atoms with E-state index in [1.54, 1.807) is 24.3 Å². The number of ketones is 1. The summed E-state index contributed by atoms with van der Waals surface area (Å²) in [6.45, 7) is 9.15. The molecule has 1 aromatic carbocycles. The largest absolute Gasteiger partial charge is 0.450 e. The van der Waals surface area contributed by atoms with Gasteiger partial charge in [-0.2, -0.15) is 0 Å². The molecule has 0 radical (unpaired) electrons. The number of Topliss-reactive ketones (excluding diaryl/α,β-unsaturated/α-hetero) is 1. The van der Waals surface area contributed by atoms with Crippen LogP contribution < -0.4 is 5.32 Å². The van der Waals surface area contributed by atoms with Crippen molar-refractivity contribution >= 4 is 23.5 Å². The van der Waals surface area contributed by atoms with Gasteiger partial charge in [-0.3, -0.25) is 9.59 Å². The summed E-state index contributed by atoms with van der Waals surface area (Å²) in [7, 11) is 0. The molecule has 1 amide bonds. The van der Waals surface area contributed by atoms with Crippen LogP contribution in [0.15, 0.2) is 42.5 Å². The van der Waals surface area contributed by atoms with Crippen molar-refractivity contribution in [3.05, 3.63) is 59.3 Å². The average Bonchev–Trinajstić information content (AvgIpc) is 2.60. The van der Waals surface area contributed by atoms with Crippen molar-refractivity contribution in [2.75, 3.05) is 5.32 Å². The minimum absolute atomic E-state index is 0.00967. The number of nitrogens with zero attached hydrogens (tertiary/aromatic N) is 1. The van der Waals surface area contributed by atoms with Crippen molar-refractivity contribution in [2.45, 2.75) is 46.1 Å². The number of hydrogen-bond acceptors (Lipinski definition) is 5. The van der Waals surface area contributed by atoms with Crippen LogP contribution in [0.25, 0.3) is 0 Å². The summed E-state index contributed by atoms with van der Waals surface area (Å²) >= 11 is 0. The fourth-order valence-electron chi connectivity index (χ4n) is 2.44. The lowest BCUT2D eigenvalue weighted by molar-refractivity contribution is -0.114. The summed E-state index contributed by atoms with van der Waals surface area (Å²) in [6, 6.07) is 11.9. The third kappa shape index (κ3) is 5.48. The molecule has 0 aliphatic heterocycles. The molecule has 2 rings (SSSR count). The minimum atomic E-state index is -0.954. The van der Waals surface area contributed by atoms with E-state index in [0.29, 0.717) is 5.56 Å². The van der Waals surface area contributed by atoms with Crippen molar-refractivity contribution in [1.29, 1.82) is 0 Å². The number of ether oxygens (including phenoxy) is 1. The van der Waals surface area contributed by atoms with E-state index in [0.717, 1.165) is 5.56 Å². The number of rotatable bonds is 5. The highest BCUT2D eigenvalue weighted by molar-refractivity contribution is 6.01. The maximum absolute atomic E-state index is 12.5. The summed E-state index contributed by atoms with van der Waals surface area (Å²) in [5, 5.41) is 2.49. The number of carbonyl (C=O) groups excluding carboxylic acids is 3. The Hall–Kier alpha value is -3.02. The Morgan fingerprint density at radius 2 is 1.67 bits per heavy atom. The molecular weight excluding hydrogens is 344 g/mol. The molecule has 0 bridgehead atoms. The second-order valence-corrected chi connectivity index (χ2v) is 7.33. The van der Waals surface area contributed by atoms with E-state index in [4.69, 9.17) is 4.74 Å². The molecule has 1 atom stereocenters. The first-order valence-electron chi connectivity index (χ1n) is 8.68. The van der Waals surface area contributed by atoms with E-state index in [1.807, 2.05) is 12.1 Å². The Bertz CT molecular complexity index is 851. The number of esters is 1. The summed E-state index contributed by atoms with van der Waals surface area (Å²) in [4.78, 5) is 39.9. The summed E-state index contributed by atoms with van der Waals surface area (Å²) < 4.78 is 5.25. The van der Waals surface area contributed by atoms with E-state index in [9.17, 15) is 14.4 Å². The van der Waals surface area contributed by atoms with Gasteiger partial charge in [-0.15, -0.1) is 0 Å². The maximum Gasteiger partial charge on any atom is 0.357 e. The summed E-state index contributed by atoms with van der Waals surface area (Å²) in [5.74, 6) is -1.07. The van der Waals surface area contributed by atoms with Crippen LogP contribution in [-0.2, 0) is 14.9 Å². The van der Waals surface area contributed by atoms with Gasteiger partial charge in [0.2, 0.25) is 11.7 Å². The van der Waals surface area contributed by atoms with Gasteiger partial charge in [-0.25, -0.2) is 9.78 Å². The van der Waals surface area contributed by atoms with Crippen molar-refractivity contribution in [1.82, 2.24) is 4.98 Å². The highest BCUT2D eigenvalue weighted by Gasteiger charge is 2.22. The number of pyridine rings is 1. The van der Waals surface area contributed by atoms with Gasteiger partial charge >= 0.3 is 5.97 Å². The lowest BCUT2D eigenvalue weighted by atomic mass is 9.86. The van der Waals surface area contributed by atoms with Crippen LogP contribution in [0.5, 0.6) is 0 Å². The second-order valence-electron chi connectivity index (χ2n) is 7.33. The Balaban J connectivity index is 2.07. The number of nitrogens with one attached hydrogen (secondary N) is 1. The van der Waals surface area contributed by atoms with E-state index in [-0.39, 0.29) is 28.6 Å². The lowest BCUT2D eigenvalue weighted by Crippen LogP contribution is -2.25. The van der Waals surface area contributed by atoms with Crippen LogP contribution in [0.1, 0.15) is 61.0 Å². The van der Waals surface area contributed by atoms with Crippen molar-refractivity contribution in [3.8, 4) is 0 Å². The first kappa shape index (κ1) is 20.3. The Morgan fingerprint density at radius 1 is 1.04 bits per heavy atom. The topological polar surface area (TPSA) is 85.4 Å². The molecule has 0 saturated carbocycles. The Kier molecular flexibility index (Phi) is 6.10. The van der Waals surface area contributed by atoms with Gasteiger partial charge in [0.05, 0.1) is 0 Å². The van der Waals surface area contributed by atoms with E-state index in [1.165, 1.54) is 19.9 Å². The smallest absolute Gasteiger partial charge is 0.357 e. The normalized spacial score (nSPS) is 12.2. The molecule has 0 spiro atoms. The zero-order valence-corrected chi connectivity index (χ0v) is 16.2. The van der Waals surface area contributed by atoms with Crippen LogP contribution in [0.4, 0.5) is 5.82 Å². The predicted octanol–water partition coefficient (Wildman–Crippen LogP) is 3.77. The maximum atomic E-state index is 12.5. The van der Waals surface area contributed by atoms with Crippen LogP contribution in [0.2, 0.25) is 0 Å². The fourth-order valence-corrected chi connectivity index (χ4v) is 2.44. The average molecular weight is 368 g/mol. The third-order valence-corrected chi connectivity index (χ3v) is 3.95. The summed E-state index contributed by atoms with van der Waals surface area (Å²) in [6.07, 6.45) is -0.954. The van der Waals surface area contributed by atoms with Gasteiger partial charge in [-0.1, -0.05) is 51.1 Å². The molecule has 0 aliphatic rings. The predicted molar refractivity (Wildman–Crippen MR) is 103 cm³/mol. The summed E-state index contributed by atoms with van der Waals surface area (Å²) in [5.41, 5.74) is 1.60. The number of carbonyl (C=O) groups is 3. The number of amides is 1. The van der Waals surface area contributed by atoms with E-state index in [2.05, 4.69) is 31.1 Å². The van der Waals surface area contributed by atoms with Crippen molar-refractivity contribution < 1.29 is 19.1 Å². The van der Waals surface area contributed by atoms with Crippen LogP contribution in [-0.4, -0.2) is 28.7 Å². The van der Waals surface area contributed by atoms with Gasteiger partial charge in [-0.05, 0) is 30.0 Å². The number of hydrogen-bond donors (Lipinski definition) is 1. The molecule has 0 unspecified atom stereocenters. The molecule has 0 fully saturated rings. The molecule has 27 heavy (non-hydrogen) atoms. The van der Waals surface area contributed by atoms with Crippen LogP contribution in [0, 0.1) is 0 Å².